The molecule has 1 rings (SSSR count). The summed E-state index contributed by atoms with van der Waals surface area (Å²) in [4.78, 5) is 0. The molecule has 0 spiro atoms. The van der Waals surface area contributed by atoms with Crippen LogP contribution in [0.1, 0.15) is 99.8 Å². The Morgan fingerprint density at radius 2 is 1.30 bits per heavy atom. The molecule has 0 aromatic rings. The highest BCUT2D eigenvalue weighted by Crippen LogP contribution is 2.23. The van der Waals surface area contributed by atoms with Gasteiger partial charge in [0.05, 0.1) is 19.0 Å². The summed E-state index contributed by atoms with van der Waals surface area (Å²) in [7, 11) is 1.68. The van der Waals surface area contributed by atoms with Crippen LogP contribution in [0.25, 0.3) is 0 Å². The molecule has 0 amide bonds. The molecular formula is C26H54O4. The Balaban J connectivity index is -0.000000344. The molecule has 182 valence electrons. The average molecular weight is 431 g/mol. The van der Waals surface area contributed by atoms with Crippen LogP contribution < -0.4 is 0 Å². The van der Waals surface area contributed by atoms with Crippen LogP contribution in [-0.2, 0) is 14.2 Å². The van der Waals surface area contributed by atoms with Crippen LogP contribution in [0.5, 0.6) is 0 Å². The van der Waals surface area contributed by atoms with Gasteiger partial charge in [-0.1, -0.05) is 67.4 Å². The van der Waals surface area contributed by atoms with Crippen molar-refractivity contribution >= 4 is 0 Å². The minimum Gasteiger partial charge on any atom is -0.512 e. The molecule has 0 aromatic carbocycles. The summed E-state index contributed by atoms with van der Waals surface area (Å²) in [5.74, 6) is 1.14. The van der Waals surface area contributed by atoms with Crippen molar-refractivity contribution in [3.8, 4) is 0 Å². The van der Waals surface area contributed by atoms with Crippen molar-refractivity contribution in [3.63, 3.8) is 0 Å². The van der Waals surface area contributed by atoms with E-state index in [1.165, 1.54) is 18.4 Å². The van der Waals surface area contributed by atoms with Crippen LogP contribution >= 0.6 is 0 Å². The van der Waals surface area contributed by atoms with Crippen molar-refractivity contribution < 1.29 is 19.3 Å². The predicted octanol–water partition coefficient (Wildman–Crippen LogP) is 7.88. The van der Waals surface area contributed by atoms with Gasteiger partial charge in [-0.3, -0.25) is 0 Å². The van der Waals surface area contributed by atoms with Crippen LogP contribution in [0.4, 0.5) is 0 Å². The molecule has 1 atom stereocenters. The van der Waals surface area contributed by atoms with Gasteiger partial charge in [-0.05, 0) is 49.7 Å². The highest BCUT2D eigenvalue weighted by Gasteiger charge is 2.08. The summed E-state index contributed by atoms with van der Waals surface area (Å²) in [5.41, 5.74) is 1.30. The first-order valence-corrected chi connectivity index (χ1v) is 12.2. The largest absolute Gasteiger partial charge is 0.512 e. The van der Waals surface area contributed by atoms with E-state index in [0.717, 1.165) is 65.0 Å². The summed E-state index contributed by atoms with van der Waals surface area (Å²) >= 11 is 0. The average Bonchev–Trinajstić information content (AvgIpc) is 2.77. The van der Waals surface area contributed by atoms with Gasteiger partial charge in [0.15, 0.2) is 0 Å². The van der Waals surface area contributed by atoms with Gasteiger partial charge in [0.25, 0.3) is 0 Å². The highest BCUT2D eigenvalue weighted by atomic mass is 16.5. The minimum absolute atomic E-state index is 0.544. The molecule has 1 aliphatic carbocycles. The Bertz CT molecular complexity index is 352. The van der Waals surface area contributed by atoms with Crippen LogP contribution in [0.15, 0.2) is 23.5 Å². The summed E-state index contributed by atoms with van der Waals surface area (Å²) in [6.07, 6.45) is 13.1. The molecule has 1 aliphatic rings. The SMILES string of the molecule is CCC(C)C1=CCCC(O)=C1.CCCC.CCCOCCC.CCCOCCOC. The number of unbranched alkanes of at least 4 members (excludes halogenated alkanes) is 1. The zero-order chi connectivity index (χ0) is 23.5. The Morgan fingerprint density at radius 3 is 1.67 bits per heavy atom. The van der Waals surface area contributed by atoms with E-state index in [1.54, 1.807) is 7.11 Å². The first-order chi connectivity index (χ1) is 14.5. The van der Waals surface area contributed by atoms with Gasteiger partial charge < -0.3 is 19.3 Å². The third-order valence-corrected chi connectivity index (χ3v) is 4.27. The number of methoxy groups -OCH3 is 1. The van der Waals surface area contributed by atoms with E-state index < -0.39 is 0 Å². The number of aliphatic hydroxyl groups is 1. The molecule has 0 aromatic heterocycles. The Hall–Kier alpha value is -0.840. The van der Waals surface area contributed by atoms with E-state index in [-0.39, 0.29) is 0 Å². The second-order valence-electron chi connectivity index (χ2n) is 7.41. The van der Waals surface area contributed by atoms with E-state index >= 15 is 0 Å². The molecule has 1 unspecified atom stereocenters. The maximum atomic E-state index is 9.24. The second kappa shape index (κ2) is 30.4. The predicted molar refractivity (Wildman–Crippen MR) is 132 cm³/mol. The van der Waals surface area contributed by atoms with Crippen LogP contribution in [-0.4, -0.2) is 45.3 Å². The van der Waals surface area contributed by atoms with Gasteiger partial charge in [0.1, 0.15) is 0 Å². The third-order valence-electron chi connectivity index (χ3n) is 4.27. The zero-order valence-electron chi connectivity index (χ0n) is 21.6. The number of hydrogen-bond acceptors (Lipinski definition) is 4. The van der Waals surface area contributed by atoms with Crippen molar-refractivity contribution in [1.82, 2.24) is 0 Å². The van der Waals surface area contributed by atoms with Crippen molar-refractivity contribution in [3.05, 3.63) is 23.5 Å². The molecule has 0 fully saturated rings. The smallest absolute Gasteiger partial charge is 0.0928 e. The summed E-state index contributed by atoms with van der Waals surface area (Å²) < 4.78 is 15.0. The monoisotopic (exact) mass is 430 g/mol. The Kier molecular flexibility index (Phi) is 34.2. The van der Waals surface area contributed by atoms with Gasteiger partial charge in [-0.15, -0.1) is 0 Å². The Labute approximate surface area is 189 Å². The van der Waals surface area contributed by atoms with Gasteiger partial charge in [-0.2, -0.15) is 0 Å². The van der Waals surface area contributed by atoms with Gasteiger partial charge >= 0.3 is 0 Å². The molecular weight excluding hydrogens is 376 g/mol. The van der Waals surface area contributed by atoms with Crippen molar-refractivity contribution in [2.45, 2.75) is 99.8 Å². The van der Waals surface area contributed by atoms with E-state index in [0.29, 0.717) is 18.3 Å². The maximum absolute atomic E-state index is 9.24. The van der Waals surface area contributed by atoms with Crippen molar-refractivity contribution in [1.29, 1.82) is 0 Å². The third kappa shape index (κ3) is 29.4. The molecule has 0 heterocycles. The first-order valence-electron chi connectivity index (χ1n) is 12.2. The molecule has 0 saturated heterocycles. The summed E-state index contributed by atoms with van der Waals surface area (Å²) in [6.45, 7) is 19.2. The van der Waals surface area contributed by atoms with E-state index in [1.807, 2.05) is 6.08 Å². The highest BCUT2D eigenvalue weighted by molar-refractivity contribution is 5.26. The number of ether oxygens (including phenoxy) is 3. The maximum Gasteiger partial charge on any atom is 0.0928 e. The zero-order valence-corrected chi connectivity index (χ0v) is 21.6. The second-order valence-corrected chi connectivity index (χ2v) is 7.41. The molecule has 0 aliphatic heterocycles. The number of hydrogen-bond donors (Lipinski definition) is 1. The number of rotatable bonds is 12. The minimum atomic E-state index is 0.544. The fourth-order valence-corrected chi connectivity index (χ4v) is 2.07. The lowest BCUT2D eigenvalue weighted by atomic mass is 9.93. The molecule has 0 radical (unpaired) electrons. The van der Waals surface area contributed by atoms with E-state index in [9.17, 15) is 5.11 Å². The standard InChI is InChI=1S/C10H16O.C6H14O2.C6H14O.C4H10/c1-3-8(2)9-5-4-6-10(11)7-9;1-3-4-8-6-5-7-2;1-3-5-7-6-4-2;1-3-4-2/h5,7-8,11H,3-4,6H2,1-2H3;3-6H2,1-2H3;3-6H2,1-2H3;3-4H2,1-2H3. The molecule has 30 heavy (non-hydrogen) atoms. The quantitative estimate of drug-likeness (QED) is 0.320. The Morgan fingerprint density at radius 1 is 0.800 bits per heavy atom. The molecule has 1 N–H and O–H groups in total. The fourth-order valence-electron chi connectivity index (χ4n) is 2.07. The van der Waals surface area contributed by atoms with E-state index in [4.69, 9.17) is 14.2 Å². The van der Waals surface area contributed by atoms with Crippen LogP contribution in [0.2, 0.25) is 0 Å². The van der Waals surface area contributed by atoms with Crippen molar-refractivity contribution in [2.75, 3.05) is 40.1 Å². The fraction of sp³-hybridized carbons (Fsp3) is 0.846. The lowest BCUT2D eigenvalue weighted by molar-refractivity contribution is 0.0710. The number of aliphatic hydroxyl groups excluding tert-OH is 1. The lowest BCUT2D eigenvalue weighted by Crippen LogP contribution is -2.01. The topological polar surface area (TPSA) is 47.9 Å². The summed E-state index contributed by atoms with van der Waals surface area (Å²) in [5, 5.41) is 9.24. The summed E-state index contributed by atoms with van der Waals surface area (Å²) in [6, 6.07) is 0. The van der Waals surface area contributed by atoms with Gasteiger partial charge in [0, 0.05) is 33.4 Å². The normalized spacial score (nSPS) is 13.3. The molecule has 4 nitrogen and oxygen atoms in total. The molecule has 0 bridgehead atoms. The first kappa shape index (κ1) is 33.8. The van der Waals surface area contributed by atoms with Gasteiger partial charge in [-0.25, -0.2) is 0 Å². The van der Waals surface area contributed by atoms with Crippen LogP contribution in [0.3, 0.4) is 0 Å². The van der Waals surface area contributed by atoms with Crippen molar-refractivity contribution in [2.24, 2.45) is 5.92 Å². The number of allylic oxidation sites excluding steroid dienone is 4. The molecule has 0 saturated carbocycles. The van der Waals surface area contributed by atoms with Gasteiger partial charge in [0.2, 0.25) is 0 Å². The van der Waals surface area contributed by atoms with E-state index in [2.05, 4.69) is 54.5 Å². The lowest BCUT2D eigenvalue weighted by Gasteiger charge is -2.14. The molecule has 4 heteroatoms. The van der Waals surface area contributed by atoms with Crippen LogP contribution in [0, 0.1) is 5.92 Å².